The van der Waals surface area contributed by atoms with Crippen molar-refractivity contribution < 1.29 is 9.18 Å². The van der Waals surface area contributed by atoms with Crippen molar-refractivity contribution in [3.63, 3.8) is 0 Å². The average Bonchev–Trinajstić information content (AvgIpc) is 3.77. The van der Waals surface area contributed by atoms with Crippen LogP contribution in [-0.2, 0) is 17.8 Å². The van der Waals surface area contributed by atoms with Crippen molar-refractivity contribution in [1.29, 1.82) is 0 Å². The normalized spacial score (nSPS) is 16.0. The Hall–Kier alpha value is -4.09. The van der Waals surface area contributed by atoms with Crippen molar-refractivity contribution in [3.8, 4) is 11.1 Å². The van der Waals surface area contributed by atoms with Gasteiger partial charge in [0.2, 0.25) is 0 Å². The van der Waals surface area contributed by atoms with Crippen molar-refractivity contribution in [2.75, 3.05) is 36.4 Å². The van der Waals surface area contributed by atoms with Crippen LogP contribution < -0.4 is 15.5 Å². The Labute approximate surface area is 228 Å². The summed E-state index contributed by atoms with van der Waals surface area (Å²) in [4.78, 5) is 24.7. The third kappa shape index (κ3) is 4.37. The molecule has 9 nitrogen and oxygen atoms in total. The Kier molecular flexibility index (Phi) is 6.09. The van der Waals surface area contributed by atoms with E-state index in [-0.39, 0.29) is 11.4 Å². The van der Waals surface area contributed by atoms with Crippen LogP contribution in [0.15, 0.2) is 60.5 Å². The zero-order valence-electron chi connectivity index (χ0n) is 21.2. The summed E-state index contributed by atoms with van der Waals surface area (Å²) in [6.07, 6.45) is 6.96. The molecule has 11 heteroatoms. The van der Waals surface area contributed by atoms with Crippen molar-refractivity contribution >= 4 is 39.0 Å². The summed E-state index contributed by atoms with van der Waals surface area (Å²) in [7, 11) is 0. The van der Waals surface area contributed by atoms with E-state index >= 15 is 4.39 Å². The molecule has 7 rings (SSSR count). The summed E-state index contributed by atoms with van der Waals surface area (Å²) >= 11 is 1.34. The summed E-state index contributed by atoms with van der Waals surface area (Å²) in [5.41, 5.74) is 4.27. The molecule has 39 heavy (non-hydrogen) atoms. The van der Waals surface area contributed by atoms with Gasteiger partial charge in [-0.1, -0.05) is 24.3 Å². The number of halogens is 1. The lowest BCUT2D eigenvalue weighted by Gasteiger charge is -2.29. The zero-order valence-corrected chi connectivity index (χ0v) is 22.0. The molecule has 0 radical (unpaired) electrons. The number of imidazole rings is 1. The number of aromatic nitrogens is 5. The third-order valence-electron chi connectivity index (χ3n) is 7.52. The molecule has 198 valence electrons. The largest absolute Gasteiger partial charge is 0.369 e. The van der Waals surface area contributed by atoms with Crippen molar-refractivity contribution in [1.82, 2.24) is 29.6 Å². The summed E-state index contributed by atoms with van der Waals surface area (Å²) < 4.78 is 19.5. The van der Waals surface area contributed by atoms with Gasteiger partial charge in [-0.05, 0) is 30.5 Å². The first kappa shape index (κ1) is 24.0. The molecule has 1 fully saturated rings. The lowest BCUT2D eigenvalue weighted by atomic mass is 10.0. The highest BCUT2D eigenvalue weighted by Crippen LogP contribution is 2.33. The van der Waals surface area contributed by atoms with Crippen LogP contribution in [0.25, 0.3) is 22.0 Å². The Morgan fingerprint density at radius 2 is 1.92 bits per heavy atom. The molecular formula is C28H27FN8OS. The van der Waals surface area contributed by atoms with Gasteiger partial charge in [-0.2, -0.15) is 5.10 Å². The Balaban J connectivity index is 1.25. The van der Waals surface area contributed by atoms with E-state index in [1.54, 1.807) is 30.2 Å². The SMILES string of the molecule is O=C(Nc1nccs1)C(c1ncn2c1CCC2)n1cc2ccc(-c3ccc(N4CCNCC4)cc3)c(F)c2n1. The number of aryl methyl sites for hydroxylation is 1. The lowest BCUT2D eigenvalue weighted by molar-refractivity contribution is -0.118. The van der Waals surface area contributed by atoms with Crippen LogP contribution in [0.1, 0.15) is 23.9 Å². The van der Waals surface area contributed by atoms with Gasteiger partial charge < -0.3 is 14.8 Å². The lowest BCUT2D eigenvalue weighted by Crippen LogP contribution is -2.43. The minimum absolute atomic E-state index is 0.224. The van der Waals surface area contributed by atoms with E-state index in [2.05, 4.69) is 35.2 Å². The molecule has 0 saturated carbocycles. The Morgan fingerprint density at radius 1 is 1.08 bits per heavy atom. The molecular weight excluding hydrogens is 515 g/mol. The zero-order chi connectivity index (χ0) is 26.3. The summed E-state index contributed by atoms with van der Waals surface area (Å²) in [6, 6.07) is 10.8. The van der Waals surface area contributed by atoms with Crippen molar-refractivity contribution in [2.24, 2.45) is 0 Å². The number of anilines is 2. The Morgan fingerprint density at radius 3 is 2.72 bits per heavy atom. The number of piperazine rings is 1. The van der Waals surface area contributed by atoms with Gasteiger partial charge in [-0.25, -0.2) is 14.4 Å². The molecule has 1 saturated heterocycles. The number of fused-ring (bicyclic) bond motifs is 2. The number of rotatable bonds is 6. The highest BCUT2D eigenvalue weighted by molar-refractivity contribution is 7.13. The molecule has 1 amide bonds. The average molecular weight is 543 g/mol. The smallest absolute Gasteiger partial charge is 0.257 e. The van der Waals surface area contributed by atoms with Crippen molar-refractivity contribution in [3.05, 3.63) is 77.7 Å². The van der Waals surface area contributed by atoms with Gasteiger partial charge in [0.25, 0.3) is 5.91 Å². The van der Waals surface area contributed by atoms with Gasteiger partial charge in [0, 0.05) is 72.8 Å². The fourth-order valence-corrected chi connectivity index (χ4v) is 6.10. The van der Waals surface area contributed by atoms with E-state index in [9.17, 15) is 4.79 Å². The number of thiazole rings is 1. The second kappa shape index (κ2) is 9.90. The first-order valence-corrected chi connectivity index (χ1v) is 14.0. The fraction of sp³-hybridized carbons (Fsp3) is 0.286. The summed E-state index contributed by atoms with van der Waals surface area (Å²) in [6.45, 7) is 4.69. The maximum Gasteiger partial charge on any atom is 0.257 e. The number of benzene rings is 2. The molecule has 2 aliphatic heterocycles. The van der Waals surface area contributed by atoms with Crippen molar-refractivity contribution in [2.45, 2.75) is 25.4 Å². The molecule has 1 unspecified atom stereocenters. The molecule has 0 spiro atoms. The minimum Gasteiger partial charge on any atom is -0.369 e. The molecule has 2 aliphatic rings. The number of amides is 1. The van der Waals surface area contributed by atoms with Crippen LogP contribution >= 0.6 is 11.3 Å². The molecule has 5 heterocycles. The van der Waals surface area contributed by atoms with E-state index in [1.165, 1.54) is 16.0 Å². The van der Waals surface area contributed by atoms with Crippen LogP contribution in [0.5, 0.6) is 0 Å². The molecule has 3 aromatic heterocycles. The van der Waals surface area contributed by atoms with E-state index in [1.807, 2.05) is 30.3 Å². The van der Waals surface area contributed by atoms with E-state index in [4.69, 9.17) is 0 Å². The van der Waals surface area contributed by atoms with Crippen LogP contribution in [0.3, 0.4) is 0 Å². The maximum atomic E-state index is 15.9. The molecule has 5 aromatic rings. The van der Waals surface area contributed by atoms with Gasteiger partial charge in [0.05, 0.1) is 12.0 Å². The van der Waals surface area contributed by atoms with E-state index in [0.29, 0.717) is 21.8 Å². The third-order valence-corrected chi connectivity index (χ3v) is 8.21. The first-order chi connectivity index (χ1) is 19.2. The van der Waals surface area contributed by atoms with Crippen LogP contribution in [0, 0.1) is 5.82 Å². The quantitative estimate of drug-likeness (QED) is 0.336. The highest BCUT2D eigenvalue weighted by Gasteiger charge is 2.32. The first-order valence-electron chi connectivity index (χ1n) is 13.1. The molecule has 0 aliphatic carbocycles. The number of carbonyl (C=O) groups is 1. The second-order valence-corrected chi connectivity index (χ2v) is 10.8. The molecule has 2 N–H and O–H groups in total. The van der Waals surface area contributed by atoms with E-state index in [0.717, 1.165) is 62.5 Å². The standard InChI is InChI=1S/C28H27FN8OS/c29-23-21(18-3-6-20(7-4-18)35-13-9-30-10-14-35)8-5-19-16-37(34-24(19)23)26(27(38)33-28-31-11-15-39-28)25-22-2-1-12-36(22)17-32-25/h3-8,11,15-17,26,30H,1-2,9-10,12-14H2,(H,31,33,38). The molecule has 0 bridgehead atoms. The number of hydrogen-bond donors (Lipinski definition) is 2. The predicted octanol–water partition coefficient (Wildman–Crippen LogP) is 4.08. The van der Waals surface area contributed by atoms with Crippen LogP contribution in [0.4, 0.5) is 15.2 Å². The number of nitrogens with zero attached hydrogens (tertiary/aromatic N) is 6. The van der Waals surface area contributed by atoms with Gasteiger partial charge >= 0.3 is 0 Å². The van der Waals surface area contributed by atoms with E-state index < -0.39 is 11.9 Å². The van der Waals surface area contributed by atoms with Gasteiger partial charge in [0.1, 0.15) is 5.52 Å². The predicted molar refractivity (Wildman–Crippen MR) is 150 cm³/mol. The second-order valence-electron chi connectivity index (χ2n) is 9.86. The number of hydrogen-bond acceptors (Lipinski definition) is 7. The van der Waals surface area contributed by atoms with Gasteiger partial charge in [0.15, 0.2) is 17.0 Å². The maximum absolute atomic E-state index is 15.9. The summed E-state index contributed by atoms with van der Waals surface area (Å²) in [5.74, 6) is -0.717. The van der Waals surface area contributed by atoms with Gasteiger partial charge in [-0.3, -0.25) is 14.8 Å². The summed E-state index contributed by atoms with van der Waals surface area (Å²) in [5, 5.41) is 13.8. The van der Waals surface area contributed by atoms with Crippen LogP contribution in [0.2, 0.25) is 0 Å². The Bertz CT molecular complexity index is 1640. The van der Waals surface area contributed by atoms with Crippen LogP contribution in [-0.4, -0.2) is 56.4 Å². The van der Waals surface area contributed by atoms with Gasteiger partial charge in [-0.15, -0.1) is 11.3 Å². The monoisotopic (exact) mass is 542 g/mol. The number of carbonyl (C=O) groups excluding carboxylic acids is 1. The highest BCUT2D eigenvalue weighted by atomic mass is 32.1. The molecule has 2 aromatic carbocycles. The molecule has 1 atom stereocenters. The topological polar surface area (TPSA) is 92.9 Å². The number of nitrogens with one attached hydrogen (secondary N) is 2. The minimum atomic E-state index is -0.850. The fourth-order valence-electron chi connectivity index (χ4n) is 5.56.